The largest absolute Gasteiger partial charge is 0.495 e. The molecule has 0 amide bonds. The topological polar surface area (TPSA) is 55.4 Å². The van der Waals surface area contributed by atoms with Crippen molar-refractivity contribution in [1.29, 1.82) is 0 Å². The molecule has 2 rings (SSSR count). The first kappa shape index (κ1) is 20.1. The number of benzene rings is 2. The van der Waals surface area contributed by atoms with Crippen LogP contribution in [0.15, 0.2) is 47.4 Å². The lowest BCUT2D eigenvalue weighted by molar-refractivity contribution is -0.137. The van der Waals surface area contributed by atoms with E-state index in [1.165, 1.54) is 7.11 Å². The van der Waals surface area contributed by atoms with Crippen molar-refractivity contribution in [3.05, 3.63) is 53.6 Å². The number of halogens is 3. The van der Waals surface area contributed by atoms with Gasteiger partial charge in [-0.3, -0.25) is 4.72 Å². The lowest BCUT2D eigenvalue weighted by Crippen LogP contribution is -2.17. The minimum atomic E-state index is -4.63. The van der Waals surface area contributed by atoms with Crippen molar-refractivity contribution in [2.24, 2.45) is 0 Å². The van der Waals surface area contributed by atoms with Crippen LogP contribution in [-0.2, 0) is 21.6 Å². The molecule has 0 fully saturated rings. The molecular formula is C18H20F3NO3S. The van der Waals surface area contributed by atoms with E-state index in [-0.39, 0.29) is 16.9 Å². The van der Waals surface area contributed by atoms with Crippen LogP contribution >= 0.6 is 0 Å². The fourth-order valence-corrected chi connectivity index (χ4v) is 3.40. The Bertz CT molecular complexity index is 901. The molecule has 0 aliphatic rings. The maximum Gasteiger partial charge on any atom is 0.416 e. The summed E-state index contributed by atoms with van der Waals surface area (Å²) in [5.74, 6) is 0.272. The lowest BCUT2D eigenvalue weighted by Gasteiger charge is -2.21. The third-order valence-corrected chi connectivity index (χ3v) is 5.14. The quantitative estimate of drug-likeness (QED) is 0.819. The molecule has 1 N–H and O–H groups in total. The predicted molar refractivity (Wildman–Crippen MR) is 93.9 cm³/mol. The van der Waals surface area contributed by atoms with Crippen molar-refractivity contribution in [3.8, 4) is 5.75 Å². The summed E-state index contributed by atoms with van der Waals surface area (Å²) in [6.45, 7) is 5.87. The highest BCUT2D eigenvalue weighted by molar-refractivity contribution is 7.92. The molecule has 0 heterocycles. The van der Waals surface area contributed by atoms with E-state index in [4.69, 9.17) is 4.74 Å². The SMILES string of the molecule is COc1ccc(C(C)(C)C)cc1NS(=O)(=O)c1cccc(C(F)(F)F)c1. The van der Waals surface area contributed by atoms with Crippen molar-refractivity contribution >= 4 is 15.7 Å². The van der Waals surface area contributed by atoms with E-state index in [0.29, 0.717) is 6.07 Å². The minimum absolute atomic E-state index is 0.164. The summed E-state index contributed by atoms with van der Waals surface area (Å²) in [5.41, 5.74) is -0.268. The van der Waals surface area contributed by atoms with E-state index in [1.54, 1.807) is 18.2 Å². The van der Waals surface area contributed by atoms with Crippen LogP contribution in [0.3, 0.4) is 0 Å². The van der Waals surface area contributed by atoms with Gasteiger partial charge in [0.1, 0.15) is 5.75 Å². The Morgan fingerprint density at radius 2 is 1.62 bits per heavy atom. The maximum absolute atomic E-state index is 12.9. The van der Waals surface area contributed by atoms with E-state index in [0.717, 1.165) is 23.8 Å². The number of anilines is 1. The molecule has 0 unspecified atom stereocenters. The van der Waals surface area contributed by atoms with E-state index in [1.807, 2.05) is 20.8 Å². The van der Waals surface area contributed by atoms with Gasteiger partial charge in [-0.2, -0.15) is 13.2 Å². The number of hydrogen-bond acceptors (Lipinski definition) is 3. The zero-order valence-corrected chi connectivity index (χ0v) is 15.6. The second kappa shape index (κ2) is 6.83. The summed E-state index contributed by atoms with van der Waals surface area (Å²) in [4.78, 5) is -0.476. The van der Waals surface area contributed by atoms with E-state index in [9.17, 15) is 21.6 Å². The van der Waals surface area contributed by atoms with Gasteiger partial charge in [0, 0.05) is 0 Å². The molecule has 0 atom stereocenters. The maximum atomic E-state index is 12.9. The van der Waals surface area contributed by atoms with Crippen LogP contribution < -0.4 is 9.46 Å². The zero-order chi connectivity index (χ0) is 19.8. The van der Waals surface area contributed by atoms with Gasteiger partial charge < -0.3 is 4.74 Å². The summed E-state index contributed by atoms with van der Waals surface area (Å²) in [7, 11) is -2.84. The molecule has 0 aromatic heterocycles. The Morgan fingerprint density at radius 3 is 2.15 bits per heavy atom. The summed E-state index contributed by atoms with van der Waals surface area (Å²) >= 11 is 0. The number of rotatable bonds is 4. The molecule has 0 bridgehead atoms. The summed E-state index contributed by atoms with van der Waals surface area (Å²) in [6.07, 6.45) is -4.63. The number of methoxy groups -OCH3 is 1. The van der Waals surface area contributed by atoms with Crippen LogP contribution in [0, 0.1) is 0 Å². The Labute approximate surface area is 151 Å². The van der Waals surface area contributed by atoms with Crippen LogP contribution in [-0.4, -0.2) is 15.5 Å². The number of sulfonamides is 1. The molecule has 142 valence electrons. The predicted octanol–water partition coefficient (Wildman–Crippen LogP) is 4.81. The van der Waals surface area contributed by atoms with Crippen molar-refractivity contribution in [2.75, 3.05) is 11.8 Å². The Kier molecular flexibility index (Phi) is 5.28. The highest BCUT2D eigenvalue weighted by Crippen LogP contribution is 2.34. The van der Waals surface area contributed by atoms with Crippen molar-refractivity contribution in [1.82, 2.24) is 0 Å². The molecule has 0 saturated heterocycles. The van der Waals surface area contributed by atoms with Crippen molar-refractivity contribution < 1.29 is 26.3 Å². The molecule has 8 heteroatoms. The standard InChI is InChI=1S/C18H20F3NO3S/c1-17(2,3)12-8-9-16(25-4)15(11-12)22-26(23,24)14-7-5-6-13(10-14)18(19,20)21/h5-11,22H,1-4H3. The minimum Gasteiger partial charge on any atom is -0.495 e. The fourth-order valence-electron chi connectivity index (χ4n) is 2.30. The summed E-state index contributed by atoms with van der Waals surface area (Å²) in [6, 6.07) is 8.62. The summed E-state index contributed by atoms with van der Waals surface area (Å²) in [5, 5.41) is 0. The number of ether oxygens (including phenoxy) is 1. The van der Waals surface area contributed by atoms with E-state index >= 15 is 0 Å². The van der Waals surface area contributed by atoms with Gasteiger partial charge in [-0.25, -0.2) is 8.42 Å². The molecular weight excluding hydrogens is 367 g/mol. The fraction of sp³-hybridized carbons (Fsp3) is 0.333. The van der Waals surface area contributed by atoms with Gasteiger partial charge in [0.25, 0.3) is 10.0 Å². The Hall–Kier alpha value is -2.22. The lowest BCUT2D eigenvalue weighted by atomic mass is 9.87. The van der Waals surface area contributed by atoms with E-state index < -0.39 is 26.7 Å². The molecule has 0 saturated carbocycles. The number of nitrogens with one attached hydrogen (secondary N) is 1. The summed E-state index contributed by atoms with van der Waals surface area (Å²) < 4.78 is 71.2. The second-order valence-corrected chi connectivity index (χ2v) is 8.48. The first-order chi connectivity index (χ1) is 11.8. The molecule has 0 radical (unpaired) electrons. The van der Waals surface area contributed by atoms with Gasteiger partial charge in [-0.15, -0.1) is 0 Å². The molecule has 0 aliphatic heterocycles. The first-order valence-electron chi connectivity index (χ1n) is 7.73. The molecule has 2 aromatic carbocycles. The zero-order valence-electron chi connectivity index (χ0n) is 14.8. The molecule has 2 aromatic rings. The molecule has 0 spiro atoms. The molecule has 0 aliphatic carbocycles. The van der Waals surface area contributed by atoms with Gasteiger partial charge in [0.2, 0.25) is 0 Å². The van der Waals surface area contributed by atoms with Crippen LogP contribution in [0.1, 0.15) is 31.9 Å². The van der Waals surface area contributed by atoms with Crippen LogP contribution in [0.25, 0.3) is 0 Å². The smallest absolute Gasteiger partial charge is 0.416 e. The normalized spacial score (nSPS) is 12.7. The molecule has 4 nitrogen and oxygen atoms in total. The van der Waals surface area contributed by atoms with Crippen LogP contribution in [0.4, 0.5) is 18.9 Å². The van der Waals surface area contributed by atoms with Crippen molar-refractivity contribution in [3.63, 3.8) is 0 Å². The average molecular weight is 387 g/mol. The van der Waals surface area contributed by atoms with Crippen LogP contribution in [0.5, 0.6) is 5.75 Å². The van der Waals surface area contributed by atoms with Crippen LogP contribution in [0.2, 0.25) is 0 Å². The van der Waals surface area contributed by atoms with Gasteiger partial charge in [0.05, 0.1) is 23.3 Å². The highest BCUT2D eigenvalue weighted by atomic mass is 32.2. The van der Waals surface area contributed by atoms with Crippen molar-refractivity contribution in [2.45, 2.75) is 37.3 Å². The third kappa shape index (κ3) is 4.49. The third-order valence-electron chi connectivity index (χ3n) is 3.78. The first-order valence-corrected chi connectivity index (χ1v) is 9.21. The Morgan fingerprint density at radius 1 is 0.962 bits per heavy atom. The van der Waals surface area contributed by atoms with Gasteiger partial charge in [-0.1, -0.05) is 32.9 Å². The number of hydrogen-bond donors (Lipinski definition) is 1. The average Bonchev–Trinajstić information content (AvgIpc) is 2.53. The van der Waals surface area contributed by atoms with E-state index in [2.05, 4.69) is 4.72 Å². The second-order valence-electron chi connectivity index (χ2n) is 6.80. The monoisotopic (exact) mass is 387 g/mol. The molecule has 26 heavy (non-hydrogen) atoms. The number of alkyl halides is 3. The Balaban J connectivity index is 2.47. The highest BCUT2D eigenvalue weighted by Gasteiger charge is 2.32. The van der Waals surface area contributed by atoms with Gasteiger partial charge >= 0.3 is 6.18 Å². The van der Waals surface area contributed by atoms with Gasteiger partial charge in [0.15, 0.2) is 0 Å². The van der Waals surface area contributed by atoms with Gasteiger partial charge in [-0.05, 0) is 41.3 Å².